The lowest BCUT2D eigenvalue weighted by atomic mass is 9.86. The maximum atomic E-state index is 13.4. The molecule has 0 fully saturated rings. The molecule has 0 aliphatic rings. The zero-order valence-corrected chi connectivity index (χ0v) is 19.4. The van der Waals surface area contributed by atoms with Crippen molar-refractivity contribution >= 4 is 32.6 Å². The number of anilines is 1. The summed E-state index contributed by atoms with van der Waals surface area (Å²) in [5, 5.41) is 0.764. The molecule has 0 aliphatic carbocycles. The van der Waals surface area contributed by atoms with Crippen LogP contribution in [0.4, 0.5) is 5.13 Å². The molecule has 0 bridgehead atoms. The van der Waals surface area contributed by atoms with Gasteiger partial charge in [-0.1, -0.05) is 50.3 Å². The standard InChI is InChI=1S/C24H31N3OS/c1-16-14-17(2)21-20(15-16)29-23(25-21)27(13-12-26(6)7)22(28)18-8-10-19(11-9-18)24(3,4)5/h8-11,14-15H,12-13H2,1-7H3. The molecule has 4 nitrogen and oxygen atoms in total. The fourth-order valence-corrected chi connectivity index (χ4v) is 4.49. The molecule has 0 aliphatic heterocycles. The average Bonchev–Trinajstić information content (AvgIpc) is 3.05. The van der Waals surface area contributed by atoms with E-state index < -0.39 is 0 Å². The average molecular weight is 410 g/mol. The summed E-state index contributed by atoms with van der Waals surface area (Å²) < 4.78 is 1.13. The molecule has 5 heteroatoms. The number of hydrogen-bond donors (Lipinski definition) is 0. The topological polar surface area (TPSA) is 36.4 Å². The van der Waals surface area contributed by atoms with E-state index in [-0.39, 0.29) is 11.3 Å². The smallest absolute Gasteiger partial charge is 0.260 e. The lowest BCUT2D eigenvalue weighted by molar-refractivity contribution is 0.0985. The number of likely N-dealkylation sites (N-methyl/N-ethyl adjacent to an activating group) is 1. The molecule has 3 aromatic rings. The third kappa shape index (κ3) is 4.85. The van der Waals surface area contributed by atoms with Gasteiger partial charge in [0.2, 0.25) is 0 Å². The number of hydrogen-bond acceptors (Lipinski definition) is 4. The number of amides is 1. The number of fused-ring (bicyclic) bond motifs is 1. The van der Waals surface area contributed by atoms with Gasteiger partial charge in [0.15, 0.2) is 5.13 Å². The number of rotatable bonds is 5. The van der Waals surface area contributed by atoms with Crippen LogP contribution >= 0.6 is 11.3 Å². The third-order valence-electron chi connectivity index (χ3n) is 5.06. The Hall–Kier alpha value is -2.24. The second-order valence-corrected chi connectivity index (χ2v) is 10.0. The quantitative estimate of drug-likeness (QED) is 0.565. The van der Waals surface area contributed by atoms with Crippen LogP contribution < -0.4 is 4.90 Å². The number of aryl methyl sites for hydroxylation is 2. The van der Waals surface area contributed by atoms with E-state index in [1.54, 1.807) is 11.3 Å². The largest absolute Gasteiger partial charge is 0.308 e. The zero-order chi connectivity index (χ0) is 21.3. The first kappa shape index (κ1) is 21.5. The number of carbonyl (C=O) groups excluding carboxylic acids is 1. The minimum absolute atomic E-state index is 0.000685. The molecule has 0 N–H and O–H groups in total. The summed E-state index contributed by atoms with van der Waals surface area (Å²) >= 11 is 1.59. The van der Waals surface area contributed by atoms with Gasteiger partial charge in [-0.05, 0) is 68.2 Å². The van der Waals surface area contributed by atoms with Crippen LogP contribution in [0.2, 0.25) is 0 Å². The van der Waals surface area contributed by atoms with E-state index in [4.69, 9.17) is 4.98 Å². The van der Waals surface area contributed by atoms with E-state index in [0.717, 1.165) is 27.5 Å². The molecule has 1 amide bonds. The van der Waals surface area contributed by atoms with Gasteiger partial charge in [-0.2, -0.15) is 0 Å². The summed E-state index contributed by atoms with van der Waals surface area (Å²) in [6.07, 6.45) is 0. The number of carbonyl (C=O) groups is 1. The fourth-order valence-electron chi connectivity index (χ4n) is 3.33. The first-order valence-corrected chi connectivity index (χ1v) is 10.8. The van der Waals surface area contributed by atoms with Gasteiger partial charge in [0.25, 0.3) is 5.91 Å². The number of nitrogens with zero attached hydrogens (tertiary/aromatic N) is 3. The molecule has 154 valence electrons. The number of thiazole rings is 1. The van der Waals surface area contributed by atoms with E-state index in [1.807, 2.05) is 31.1 Å². The second kappa shape index (κ2) is 8.25. The van der Waals surface area contributed by atoms with Crippen molar-refractivity contribution < 1.29 is 4.79 Å². The van der Waals surface area contributed by atoms with E-state index >= 15 is 0 Å². The molecular formula is C24H31N3OS. The highest BCUT2D eigenvalue weighted by molar-refractivity contribution is 7.22. The lowest BCUT2D eigenvalue weighted by Gasteiger charge is -2.23. The van der Waals surface area contributed by atoms with Crippen LogP contribution in [0.25, 0.3) is 10.2 Å². The minimum Gasteiger partial charge on any atom is -0.308 e. The molecule has 1 heterocycles. The Labute approximate surface area is 178 Å². The van der Waals surface area contributed by atoms with Gasteiger partial charge in [0.1, 0.15) is 0 Å². The van der Waals surface area contributed by atoms with Gasteiger partial charge in [-0.3, -0.25) is 9.69 Å². The van der Waals surface area contributed by atoms with Crippen molar-refractivity contribution in [3.8, 4) is 0 Å². The highest BCUT2D eigenvalue weighted by atomic mass is 32.1. The summed E-state index contributed by atoms with van der Waals surface area (Å²) in [6, 6.07) is 12.3. The van der Waals surface area contributed by atoms with Gasteiger partial charge in [0, 0.05) is 18.7 Å². The number of benzene rings is 2. The Balaban J connectivity index is 1.98. The van der Waals surface area contributed by atoms with E-state index in [2.05, 4.69) is 63.8 Å². The summed E-state index contributed by atoms with van der Waals surface area (Å²) in [5.74, 6) is 0.000685. The van der Waals surface area contributed by atoms with Crippen LogP contribution in [0.15, 0.2) is 36.4 Å². The van der Waals surface area contributed by atoms with Gasteiger partial charge in [-0.25, -0.2) is 4.98 Å². The normalized spacial score (nSPS) is 12.0. The van der Waals surface area contributed by atoms with Crippen molar-refractivity contribution in [3.63, 3.8) is 0 Å². The maximum Gasteiger partial charge on any atom is 0.260 e. The predicted octanol–water partition coefficient (Wildman–Crippen LogP) is 5.42. The maximum absolute atomic E-state index is 13.4. The summed E-state index contributed by atoms with van der Waals surface area (Å²) in [6.45, 7) is 12.1. The van der Waals surface area contributed by atoms with Crippen LogP contribution in [0.1, 0.15) is 47.8 Å². The molecule has 0 atom stereocenters. The highest BCUT2D eigenvalue weighted by Gasteiger charge is 2.23. The van der Waals surface area contributed by atoms with Crippen molar-refractivity contribution in [3.05, 3.63) is 58.7 Å². The summed E-state index contributed by atoms with van der Waals surface area (Å²) in [5.41, 5.74) is 5.34. The lowest BCUT2D eigenvalue weighted by Crippen LogP contribution is -2.36. The molecule has 1 aromatic heterocycles. The monoisotopic (exact) mass is 409 g/mol. The Kier molecular flexibility index (Phi) is 6.11. The van der Waals surface area contributed by atoms with Crippen molar-refractivity contribution in [1.82, 2.24) is 9.88 Å². The molecule has 0 spiro atoms. The summed E-state index contributed by atoms with van der Waals surface area (Å²) in [7, 11) is 4.04. The van der Waals surface area contributed by atoms with Crippen molar-refractivity contribution in [1.29, 1.82) is 0 Å². The van der Waals surface area contributed by atoms with Crippen LogP contribution in [0.5, 0.6) is 0 Å². The Morgan fingerprint density at radius 2 is 1.69 bits per heavy atom. The van der Waals surface area contributed by atoms with Gasteiger partial charge in [0.05, 0.1) is 10.2 Å². The van der Waals surface area contributed by atoms with Crippen molar-refractivity contribution in [2.24, 2.45) is 0 Å². The molecule has 2 aromatic carbocycles. The molecule has 29 heavy (non-hydrogen) atoms. The molecule has 0 unspecified atom stereocenters. The Morgan fingerprint density at radius 1 is 1.03 bits per heavy atom. The fraction of sp³-hybridized carbons (Fsp3) is 0.417. The molecular weight excluding hydrogens is 378 g/mol. The Morgan fingerprint density at radius 3 is 2.28 bits per heavy atom. The van der Waals surface area contributed by atoms with Crippen LogP contribution in [-0.4, -0.2) is 43.0 Å². The molecule has 3 rings (SSSR count). The predicted molar refractivity (Wildman–Crippen MR) is 124 cm³/mol. The van der Waals surface area contributed by atoms with Gasteiger partial charge in [-0.15, -0.1) is 0 Å². The van der Waals surface area contributed by atoms with E-state index in [1.165, 1.54) is 11.1 Å². The zero-order valence-electron chi connectivity index (χ0n) is 18.5. The second-order valence-electron chi connectivity index (χ2n) is 9.01. The van der Waals surface area contributed by atoms with Crippen LogP contribution in [-0.2, 0) is 5.41 Å². The first-order chi connectivity index (χ1) is 13.6. The first-order valence-electron chi connectivity index (χ1n) is 10.0. The molecule has 0 radical (unpaired) electrons. The van der Waals surface area contributed by atoms with Crippen molar-refractivity contribution in [2.75, 3.05) is 32.1 Å². The van der Waals surface area contributed by atoms with Crippen LogP contribution in [0, 0.1) is 13.8 Å². The van der Waals surface area contributed by atoms with Gasteiger partial charge < -0.3 is 4.90 Å². The highest BCUT2D eigenvalue weighted by Crippen LogP contribution is 2.32. The van der Waals surface area contributed by atoms with Crippen molar-refractivity contribution in [2.45, 2.75) is 40.0 Å². The third-order valence-corrected chi connectivity index (χ3v) is 6.09. The van der Waals surface area contributed by atoms with E-state index in [9.17, 15) is 4.79 Å². The van der Waals surface area contributed by atoms with Crippen LogP contribution in [0.3, 0.4) is 0 Å². The molecule has 0 saturated heterocycles. The summed E-state index contributed by atoms with van der Waals surface area (Å²) in [4.78, 5) is 22.2. The Bertz CT molecular complexity index is 1010. The molecule has 0 saturated carbocycles. The van der Waals surface area contributed by atoms with E-state index in [0.29, 0.717) is 12.1 Å². The SMILES string of the molecule is Cc1cc(C)c2nc(N(CCN(C)C)C(=O)c3ccc(C(C)(C)C)cc3)sc2c1. The number of aromatic nitrogens is 1. The minimum atomic E-state index is 0.000685. The van der Waals surface area contributed by atoms with Gasteiger partial charge >= 0.3 is 0 Å².